The zero-order valence-electron chi connectivity index (χ0n) is 16.3. The molecular formula is C21H23N3O4S. The van der Waals surface area contributed by atoms with Crippen LogP contribution in [0.4, 0.5) is 5.69 Å². The number of amides is 1. The van der Waals surface area contributed by atoms with Gasteiger partial charge in [0.1, 0.15) is 6.54 Å². The van der Waals surface area contributed by atoms with Crippen LogP contribution in [-0.2, 0) is 21.4 Å². The van der Waals surface area contributed by atoms with E-state index >= 15 is 0 Å². The van der Waals surface area contributed by atoms with Gasteiger partial charge in [-0.05, 0) is 41.8 Å². The van der Waals surface area contributed by atoms with Gasteiger partial charge >= 0.3 is 0 Å². The second-order valence-electron chi connectivity index (χ2n) is 6.50. The quantitative estimate of drug-likeness (QED) is 0.645. The van der Waals surface area contributed by atoms with Crippen molar-refractivity contribution in [3.63, 3.8) is 0 Å². The Morgan fingerprint density at radius 1 is 1.00 bits per heavy atom. The number of anilines is 1. The van der Waals surface area contributed by atoms with E-state index in [0.29, 0.717) is 24.2 Å². The fourth-order valence-corrected chi connectivity index (χ4v) is 4.59. The van der Waals surface area contributed by atoms with Crippen LogP contribution in [-0.4, -0.2) is 36.3 Å². The van der Waals surface area contributed by atoms with Gasteiger partial charge in [0.2, 0.25) is 15.9 Å². The number of hydrogen-bond donors (Lipinski definition) is 1. The van der Waals surface area contributed by atoms with E-state index in [-0.39, 0.29) is 22.9 Å². The smallest absolute Gasteiger partial charge is 0.258 e. The van der Waals surface area contributed by atoms with Crippen LogP contribution < -0.4 is 10.9 Å². The molecule has 1 heterocycles. The van der Waals surface area contributed by atoms with Crippen molar-refractivity contribution in [1.29, 1.82) is 0 Å². The number of aromatic nitrogens is 1. The predicted molar refractivity (Wildman–Crippen MR) is 113 cm³/mol. The molecule has 0 saturated carbocycles. The molecule has 0 aliphatic carbocycles. The zero-order chi connectivity index (χ0) is 21.0. The Kier molecular flexibility index (Phi) is 6.14. The van der Waals surface area contributed by atoms with Gasteiger partial charge in [-0.25, -0.2) is 8.42 Å². The number of sulfonamides is 1. The number of fused-ring (bicyclic) bond motifs is 1. The van der Waals surface area contributed by atoms with E-state index in [0.717, 1.165) is 5.39 Å². The van der Waals surface area contributed by atoms with Crippen molar-refractivity contribution in [2.45, 2.75) is 25.3 Å². The number of nitrogens with one attached hydrogen (secondary N) is 1. The molecule has 29 heavy (non-hydrogen) atoms. The minimum Gasteiger partial charge on any atom is -0.325 e. The molecule has 1 aromatic heterocycles. The topological polar surface area (TPSA) is 88.5 Å². The van der Waals surface area contributed by atoms with Crippen LogP contribution in [0.5, 0.6) is 0 Å². The number of nitrogens with zero attached hydrogens (tertiary/aromatic N) is 2. The van der Waals surface area contributed by atoms with E-state index in [1.807, 2.05) is 12.1 Å². The largest absolute Gasteiger partial charge is 0.325 e. The molecule has 152 valence electrons. The van der Waals surface area contributed by atoms with E-state index in [2.05, 4.69) is 5.32 Å². The lowest BCUT2D eigenvalue weighted by molar-refractivity contribution is -0.116. The third-order valence-corrected chi connectivity index (χ3v) is 6.75. The molecular weight excluding hydrogens is 390 g/mol. The molecule has 3 rings (SSSR count). The normalized spacial score (nSPS) is 11.7. The first-order valence-electron chi connectivity index (χ1n) is 9.35. The van der Waals surface area contributed by atoms with Gasteiger partial charge in [-0.15, -0.1) is 0 Å². The highest BCUT2D eigenvalue weighted by Gasteiger charge is 2.21. The molecule has 0 aliphatic heterocycles. The van der Waals surface area contributed by atoms with Crippen molar-refractivity contribution in [2.75, 3.05) is 18.4 Å². The molecule has 0 radical (unpaired) electrons. The fraction of sp³-hybridized carbons (Fsp3) is 0.238. The monoisotopic (exact) mass is 413 g/mol. The standard InChI is InChI=1S/C21H23N3O4S/c1-3-24(4-2)29(27,28)18-11-9-17(10-12-18)22-20(25)15-23-14-13-16-7-5-6-8-19(16)21(23)26/h5-14H,3-4,15H2,1-2H3,(H,22,25). The lowest BCUT2D eigenvalue weighted by Crippen LogP contribution is -2.30. The number of carbonyl (C=O) groups excluding carboxylic acids is 1. The van der Waals surface area contributed by atoms with E-state index in [9.17, 15) is 18.0 Å². The van der Waals surface area contributed by atoms with Gasteiger partial charge in [-0.1, -0.05) is 32.0 Å². The van der Waals surface area contributed by atoms with Crippen molar-refractivity contribution in [3.05, 3.63) is 71.1 Å². The summed E-state index contributed by atoms with van der Waals surface area (Å²) in [6, 6.07) is 15.0. The highest BCUT2D eigenvalue weighted by Crippen LogP contribution is 2.18. The molecule has 0 spiro atoms. The second-order valence-corrected chi connectivity index (χ2v) is 8.44. The average Bonchev–Trinajstić information content (AvgIpc) is 2.71. The molecule has 0 aliphatic rings. The maximum atomic E-state index is 12.5. The minimum absolute atomic E-state index is 0.136. The molecule has 2 aromatic carbocycles. The Morgan fingerprint density at radius 2 is 1.66 bits per heavy atom. The zero-order valence-corrected chi connectivity index (χ0v) is 17.1. The molecule has 1 N–H and O–H groups in total. The highest BCUT2D eigenvalue weighted by atomic mass is 32.2. The fourth-order valence-electron chi connectivity index (χ4n) is 3.13. The first kappa shape index (κ1) is 20.8. The summed E-state index contributed by atoms with van der Waals surface area (Å²) < 4.78 is 27.7. The van der Waals surface area contributed by atoms with E-state index in [1.165, 1.54) is 33.1 Å². The Balaban J connectivity index is 1.73. The summed E-state index contributed by atoms with van der Waals surface area (Å²) in [7, 11) is -3.55. The first-order valence-corrected chi connectivity index (χ1v) is 10.8. The molecule has 3 aromatic rings. The predicted octanol–water partition coefficient (Wildman–Crippen LogP) is 2.67. The molecule has 1 amide bonds. The summed E-state index contributed by atoms with van der Waals surface area (Å²) >= 11 is 0. The summed E-state index contributed by atoms with van der Waals surface area (Å²) in [4.78, 5) is 25.0. The molecule has 0 bridgehead atoms. The van der Waals surface area contributed by atoms with Gasteiger partial charge in [0.05, 0.1) is 4.90 Å². The van der Waals surface area contributed by atoms with Crippen molar-refractivity contribution in [1.82, 2.24) is 8.87 Å². The van der Waals surface area contributed by atoms with Crippen molar-refractivity contribution < 1.29 is 13.2 Å². The summed E-state index contributed by atoms with van der Waals surface area (Å²) in [6.07, 6.45) is 1.59. The maximum absolute atomic E-state index is 12.5. The molecule has 8 heteroatoms. The lowest BCUT2D eigenvalue weighted by atomic mass is 10.2. The number of hydrogen-bond acceptors (Lipinski definition) is 4. The SMILES string of the molecule is CCN(CC)S(=O)(=O)c1ccc(NC(=O)Cn2ccc3ccccc3c2=O)cc1. The van der Waals surface area contributed by atoms with Crippen LogP contribution in [0.2, 0.25) is 0 Å². The summed E-state index contributed by atoms with van der Waals surface area (Å²) in [5, 5.41) is 4.06. The van der Waals surface area contributed by atoms with Gasteiger partial charge in [-0.2, -0.15) is 4.31 Å². The summed E-state index contributed by atoms with van der Waals surface area (Å²) in [5.41, 5.74) is 0.223. The minimum atomic E-state index is -3.55. The van der Waals surface area contributed by atoms with E-state index in [1.54, 1.807) is 38.2 Å². The molecule has 7 nitrogen and oxygen atoms in total. The van der Waals surface area contributed by atoms with Crippen molar-refractivity contribution >= 4 is 32.4 Å². The summed E-state index contributed by atoms with van der Waals surface area (Å²) in [5.74, 6) is -0.373. The Bertz CT molecular complexity index is 1180. The van der Waals surface area contributed by atoms with Crippen LogP contribution in [0.3, 0.4) is 0 Å². The first-order chi connectivity index (χ1) is 13.9. The van der Waals surface area contributed by atoms with E-state index < -0.39 is 10.0 Å². The van der Waals surface area contributed by atoms with Crippen molar-refractivity contribution in [2.24, 2.45) is 0 Å². The Morgan fingerprint density at radius 3 is 2.31 bits per heavy atom. The lowest BCUT2D eigenvalue weighted by Gasteiger charge is -2.18. The third kappa shape index (κ3) is 4.38. The van der Waals surface area contributed by atoms with Crippen LogP contribution >= 0.6 is 0 Å². The maximum Gasteiger partial charge on any atom is 0.258 e. The number of carbonyl (C=O) groups is 1. The van der Waals surface area contributed by atoms with Crippen LogP contribution in [0.15, 0.2) is 70.5 Å². The third-order valence-electron chi connectivity index (χ3n) is 4.68. The van der Waals surface area contributed by atoms with Crippen molar-refractivity contribution in [3.8, 4) is 0 Å². The van der Waals surface area contributed by atoms with Gasteiger partial charge in [-0.3, -0.25) is 9.59 Å². The summed E-state index contributed by atoms with van der Waals surface area (Å²) in [6.45, 7) is 4.20. The highest BCUT2D eigenvalue weighted by molar-refractivity contribution is 7.89. The van der Waals surface area contributed by atoms with Gasteiger partial charge in [0.15, 0.2) is 0 Å². The number of rotatable bonds is 7. The average molecular weight is 413 g/mol. The van der Waals surface area contributed by atoms with Gasteiger partial charge in [0, 0.05) is 30.4 Å². The number of benzene rings is 2. The molecule has 0 unspecified atom stereocenters. The molecule has 0 saturated heterocycles. The molecule has 0 atom stereocenters. The molecule has 0 fully saturated rings. The van der Waals surface area contributed by atoms with Gasteiger partial charge in [0.25, 0.3) is 5.56 Å². The Hall–Kier alpha value is -2.97. The second kappa shape index (κ2) is 8.59. The number of pyridine rings is 1. The van der Waals surface area contributed by atoms with E-state index in [4.69, 9.17) is 0 Å². The van der Waals surface area contributed by atoms with Crippen LogP contribution in [0, 0.1) is 0 Å². The van der Waals surface area contributed by atoms with Gasteiger partial charge < -0.3 is 9.88 Å². The van der Waals surface area contributed by atoms with Crippen LogP contribution in [0.1, 0.15) is 13.8 Å². The van der Waals surface area contributed by atoms with Crippen LogP contribution in [0.25, 0.3) is 10.8 Å². The Labute approximate surface area is 169 Å².